The third kappa shape index (κ3) is 7.68. The highest BCUT2D eigenvalue weighted by Gasteiger charge is 2.22. The van der Waals surface area contributed by atoms with E-state index >= 15 is 0 Å². The van der Waals surface area contributed by atoms with Crippen molar-refractivity contribution >= 4 is 18.0 Å². The number of ether oxygens (including phenoxy) is 1. The van der Waals surface area contributed by atoms with E-state index in [1.54, 1.807) is 50.3 Å². The molecule has 176 valence electrons. The second-order valence-corrected chi connectivity index (χ2v) is 7.92. The van der Waals surface area contributed by atoms with Gasteiger partial charge in [0.25, 0.3) is 0 Å². The fraction of sp³-hybridized carbons (Fsp3) is 0.320. The molecular weight excluding hydrogens is 426 g/mol. The molecule has 1 atom stereocenters. The molecule has 2 rings (SSSR count). The number of nitrogens with one attached hydrogen (secondary N) is 1. The number of benzene rings is 1. The molecule has 0 fully saturated rings. The van der Waals surface area contributed by atoms with Gasteiger partial charge in [0, 0.05) is 18.2 Å². The number of hydrogen-bond donors (Lipinski definition) is 3. The smallest absolute Gasteiger partial charge is 0.408 e. The standard InChI is InChI=1S/C25H29NO7/c1-15(2)32-19-10-8-18(9-11-19)13-17(4)23(28)22-20(27)14-21(33-24(22)29)16(3)7-5-6-12-26-25(30)31/h6,8-16,26-27H,5,7H2,1-4H3,(H,30,31)/b12-6?,17-13+. The van der Waals surface area contributed by atoms with E-state index < -0.39 is 28.8 Å². The molecule has 0 spiro atoms. The predicted molar refractivity (Wildman–Crippen MR) is 125 cm³/mol. The average molecular weight is 456 g/mol. The first-order valence-corrected chi connectivity index (χ1v) is 10.6. The molecule has 1 unspecified atom stereocenters. The molecule has 8 nitrogen and oxygen atoms in total. The Morgan fingerprint density at radius 1 is 1.18 bits per heavy atom. The van der Waals surface area contributed by atoms with Crippen LogP contribution >= 0.6 is 0 Å². The fourth-order valence-corrected chi connectivity index (χ4v) is 3.08. The predicted octanol–water partition coefficient (Wildman–Crippen LogP) is 5.08. The largest absolute Gasteiger partial charge is 0.507 e. The summed E-state index contributed by atoms with van der Waals surface area (Å²) in [5.74, 6) is -0.329. The monoisotopic (exact) mass is 455 g/mol. The van der Waals surface area contributed by atoms with Crippen molar-refractivity contribution in [2.24, 2.45) is 0 Å². The molecule has 3 N–H and O–H groups in total. The van der Waals surface area contributed by atoms with Crippen LogP contribution in [0.5, 0.6) is 11.5 Å². The van der Waals surface area contributed by atoms with Crippen LogP contribution in [-0.4, -0.2) is 28.2 Å². The third-order valence-corrected chi connectivity index (χ3v) is 4.75. The molecule has 1 heterocycles. The summed E-state index contributed by atoms with van der Waals surface area (Å²) in [5, 5.41) is 21.0. The molecule has 0 radical (unpaired) electrons. The lowest BCUT2D eigenvalue weighted by Crippen LogP contribution is -2.16. The first kappa shape index (κ1) is 25.5. The maximum absolute atomic E-state index is 12.8. The molecule has 2 aromatic rings. The number of allylic oxidation sites excluding steroid dienone is 2. The molecule has 0 aliphatic rings. The molecule has 0 aliphatic carbocycles. The number of carboxylic acid groups (broad SMARTS) is 1. The number of aromatic hydroxyl groups is 1. The molecule has 0 saturated heterocycles. The molecular formula is C25H29NO7. The van der Waals surface area contributed by atoms with Gasteiger partial charge in [-0.05, 0) is 63.0 Å². The van der Waals surface area contributed by atoms with Gasteiger partial charge in [-0.25, -0.2) is 9.59 Å². The summed E-state index contributed by atoms with van der Waals surface area (Å²) in [7, 11) is 0. The highest BCUT2D eigenvalue weighted by molar-refractivity contribution is 6.12. The van der Waals surface area contributed by atoms with Gasteiger partial charge in [0.2, 0.25) is 0 Å². The van der Waals surface area contributed by atoms with Crippen LogP contribution in [0, 0.1) is 0 Å². The van der Waals surface area contributed by atoms with Crippen LogP contribution in [0.15, 0.2) is 57.4 Å². The molecule has 0 aliphatic heterocycles. The van der Waals surface area contributed by atoms with Gasteiger partial charge in [-0.3, -0.25) is 10.1 Å². The maximum Gasteiger partial charge on any atom is 0.408 e. The summed E-state index contributed by atoms with van der Waals surface area (Å²) in [6.45, 7) is 7.22. The van der Waals surface area contributed by atoms with Crippen LogP contribution in [0.2, 0.25) is 0 Å². The van der Waals surface area contributed by atoms with Crippen LogP contribution in [0.25, 0.3) is 6.08 Å². The summed E-state index contributed by atoms with van der Waals surface area (Å²) in [4.78, 5) is 35.7. The summed E-state index contributed by atoms with van der Waals surface area (Å²) in [6.07, 6.45) is 4.53. The SMILES string of the molecule is C/C(=C\c1ccc(OC(C)C)cc1)C(=O)c1c(O)cc(C(C)CCC=CNC(=O)O)oc1=O. The van der Waals surface area contributed by atoms with Crippen molar-refractivity contribution in [3.05, 3.63) is 75.5 Å². The Morgan fingerprint density at radius 2 is 1.85 bits per heavy atom. The summed E-state index contributed by atoms with van der Waals surface area (Å²) >= 11 is 0. The van der Waals surface area contributed by atoms with Crippen molar-refractivity contribution in [1.29, 1.82) is 0 Å². The van der Waals surface area contributed by atoms with E-state index in [0.717, 1.165) is 5.56 Å². The van der Waals surface area contributed by atoms with Crippen molar-refractivity contribution in [2.45, 2.75) is 52.6 Å². The van der Waals surface area contributed by atoms with Crippen LogP contribution in [-0.2, 0) is 0 Å². The number of rotatable bonds is 10. The number of Topliss-reactive ketones (excluding diaryl/α,β-unsaturated/α-hetero) is 1. The van der Waals surface area contributed by atoms with Gasteiger partial charge in [0.1, 0.15) is 22.8 Å². The first-order valence-electron chi connectivity index (χ1n) is 10.6. The molecule has 0 bridgehead atoms. The van der Waals surface area contributed by atoms with Gasteiger partial charge in [0.05, 0.1) is 6.10 Å². The van der Waals surface area contributed by atoms with Crippen molar-refractivity contribution in [3.8, 4) is 11.5 Å². The number of carbonyl (C=O) groups excluding carboxylic acids is 1. The van der Waals surface area contributed by atoms with Crippen molar-refractivity contribution in [3.63, 3.8) is 0 Å². The fourth-order valence-electron chi connectivity index (χ4n) is 3.08. The summed E-state index contributed by atoms with van der Waals surface area (Å²) in [5.41, 5.74) is -0.299. The van der Waals surface area contributed by atoms with Gasteiger partial charge in [-0.1, -0.05) is 25.1 Å². The number of ketones is 1. The summed E-state index contributed by atoms with van der Waals surface area (Å²) in [6, 6.07) is 8.45. The molecule has 1 aromatic heterocycles. The zero-order valence-electron chi connectivity index (χ0n) is 19.1. The van der Waals surface area contributed by atoms with Gasteiger partial charge < -0.3 is 19.4 Å². The zero-order valence-corrected chi connectivity index (χ0v) is 19.1. The molecule has 1 amide bonds. The minimum atomic E-state index is -1.16. The number of amides is 1. The average Bonchev–Trinajstić information content (AvgIpc) is 2.73. The highest BCUT2D eigenvalue weighted by atomic mass is 16.5. The topological polar surface area (TPSA) is 126 Å². The van der Waals surface area contributed by atoms with Crippen molar-refractivity contribution in [2.75, 3.05) is 0 Å². The van der Waals surface area contributed by atoms with E-state index in [9.17, 15) is 19.5 Å². The Bertz CT molecular complexity index is 1090. The van der Waals surface area contributed by atoms with Gasteiger partial charge in [-0.15, -0.1) is 0 Å². The zero-order chi connectivity index (χ0) is 24.5. The Morgan fingerprint density at radius 3 is 2.42 bits per heavy atom. The van der Waals surface area contributed by atoms with Crippen LogP contribution in [0.4, 0.5) is 4.79 Å². The molecule has 1 aromatic carbocycles. The Labute approximate surface area is 192 Å². The number of hydrogen-bond acceptors (Lipinski definition) is 6. The third-order valence-electron chi connectivity index (χ3n) is 4.75. The van der Waals surface area contributed by atoms with Crippen LogP contribution in [0.1, 0.15) is 68.1 Å². The van der Waals surface area contributed by atoms with E-state index in [-0.39, 0.29) is 23.4 Å². The lowest BCUT2D eigenvalue weighted by Gasteiger charge is -2.11. The van der Waals surface area contributed by atoms with Gasteiger partial charge >= 0.3 is 11.7 Å². The lowest BCUT2D eigenvalue weighted by atomic mass is 9.99. The molecule has 8 heteroatoms. The highest BCUT2D eigenvalue weighted by Crippen LogP contribution is 2.26. The minimum Gasteiger partial charge on any atom is -0.507 e. The van der Waals surface area contributed by atoms with Gasteiger partial charge in [0.15, 0.2) is 5.78 Å². The van der Waals surface area contributed by atoms with Gasteiger partial charge in [-0.2, -0.15) is 0 Å². The van der Waals surface area contributed by atoms with E-state index in [1.807, 2.05) is 13.8 Å². The van der Waals surface area contributed by atoms with E-state index in [1.165, 1.54) is 12.3 Å². The van der Waals surface area contributed by atoms with Crippen LogP contribution in [0.3, 0.4) is 0 Å². The first-order chi connectivity index (χ1) is 15.6. The normalized spacial score (nSPS) is 12.7. The summed E-state index contributed by atoms with van der Waals surface area (Å²) < 4.78 is 10.9. The second-order valence-electron chi connectivity index (χ2n) is 7.92. The quantitative estimate of drug-likeness (QED) is 0.337. The Kier molecular flexibility index (Phi) is 9.03. The van der Waals surface area contributed by atoms with Crippen LogP contribution < -0.4 is 15.7 Å². The Balaban J connectivity index is 2.14. The molecule has 33 heavy (non-hydrogen) atoms. The second kappa shape index (κ2) is 11.7. The molecule has 0 saturated carbocycles. The van der Waals surface area contributed by atoms with E-state index in [0.29, 0.717) is 18.6 Å². The Hall–Kier alpha value is -3.81. The minimum absolute atomic E-state index is 0.0491. The van der Waals surface area contributed by atoms with Crippen molar-refractivity contribution in [1.82, 2.24) is 5.32 Å². The van der Waals surface area contributed by atoms with E-state index in [4.69, 9.17) is 14.3 Å². The van der Waals surface area contributed by atoms with E-state index in [2.05, 4.69) is 5.32 Å². The van der Waals surface area contributed by atoms with Crippen molar-refractivity contribution < 1.29 is 29.0 Å². The lowest BCUT2D eigenvalue weighted by molar-refractivity contribution is 0.102. The maximum atomic E-state index is 12.8. The number of carbonyl (C=O) groups is 2.